The maximum atomic E-state index is 12.6. The van der Waals surface area contributed by atoms with Crippen LogP contribution in [0.1, 0.15) is 75.3 Å². The van der Waals surface area contributed by atoms with Gasteiger partial charge in [0.25, 0.3) is 5.56 Å². The fourth-order valence-electron chi connectivity index (χ4n) is 5.59. The molecule has 2 aromatic heterocycles. The highest BCUT2D eigenvalue weighted by Gasteiger charge is 2.26. The van der Waals surface area contributed by atoms with Crippen molar-refractivity contribution in [3.63, 3.8) is 0 Å². The number of benzene rings is 1. The normalized spacial score (nSPS) is 16.2. The molecule has 1 saturated carbocycles. The first-order chi connectivity index (χ1) is 21.1. The number of ether oxygens (including phenoxy) is 1. The van der Waals surface area contributed by atoms with E-state index >= 15 is 0 Å². The first-order valence-electron chi connectivity index (χ1n) is 15.3. The van der Waals surface area contributed by atoms with Gasteiger partial charge in [0.1, 0.15) is 34.5 Å². The molecule has 0 radical (unpaired) electrons. The molecule has 5 rings (SSSR count). The van der Waals surface area contributed by atoms with Crippen LogP contribution in [0.5, 0.6) is 0 Å². The summed E-state index contributed by atoms with van der Waals surface area (Å²) in [7, 11) is 3.55. The van der Waals surface area contributed by atoms with E-state index in [-0.39, 0.29) is 28.5 Å². The van der Waals surface area contributed by atoms with Crippen LogP contribution in [0.15, 0.2) is 46.3 Å². The number of aryl methyl sites for hydroxylation is 1. The first kappa shape index (κ1) is 32.7. The summed E-state index contributed by atoms with van der Waals surface area (Å²) < 4.78 is 6.80. The molecule has 0 N–H and O–H groups in total. The highest BCUT2D eigenvalue weighted by atomic mass is 16.6. The molecule has 2 aliphatic rings. The maximum Gasteiger partial charge on any atom is 0.270 e. The summed E-state index contributed by atoms with van der Waals surface area (Å²) in [6, 6.07) is 16.1. The van der Waals surface area contributed by atoms with Crippen LogP contribution in [0.4, 0.5) is 5.69 Å². The molecular weight excluding hydrogens is 554 g/mol. The summed E-state index contributed by atoms with van der Waals surface area (Å²) in [5, 5.41) is 22.8. The number of fused-ring (bicyclic) bond motifs is 1. The molecule has 1 aromatic carbocycles. The first-order valence-corrected chi connectivity index (χ1v) is 15.3. The second-order valence-electron chi connectivity index (χ2n) is 12.4. The smallest absolute Gasteiger partial charge is 0.270 e. The van der Waals surface area contributed by atoms with Crippen LogP contribution in [-0.4, -0.2) is 65.7 Å². The Kier molecular flexibility index (Phi) is 11.1. The highest BCUT2D eigenvalue weighted by molar-refractivity contribution is 5.92. The molecule has 0 atom stereocenters. The van der Waals surface area contributed by atoms with Gasteiger partial charge in [-0.15, -0.1) is 0 Å². The number of morpholine rings is 1. The van der Waals surface area contributed by atoms with Crippen molar-refractivity contribution in [3.05, 3.63) is 69.1 Å². The monoisotopic (exact) mass is 597 g/mol. The Bertz CT molecular complexity index is 1600. The molecule has 2 fully saturated rings. The average molecular weight is 598 g/mol. The molecule has 3 heterocycles. The van der Waals surface area contributed by atoms with Gasteiger partial charge in [-0.25, -0.2) is 4.98 Å². The largest absolute Gasteiger partial charge is 0.390 e. The Balaban J connectivity index is 0.000000204. The Morgan fingerprint density at radius 3 is 2.50 bits per heavy atom. The van der Waals surface area contributed by atoms with E-state index in [0.717, 1.165) is 64.1 Å². The Morgan fingerprint density at radius 1 is 1.11 bits per heavy atom. The summed E-state index contributed by atoms with van der Waals surface area (Å²) in [5.74, 6) is 0. The number of rotatable bonds is 6. The molecular formula is C34H43N7O3. The van der Waals surface area contributed by atoms with E-state index in [0.29, 0.717) is 16.7 Å². The van der Waals surface area contributed by atoms with E-state index in [9.17, 15) is 10.1 Å². The zero-order valence-corrected chi connectivity index (χ0v) is 26.5. The SMILES string of the molecule is CC(C)(C)O/N=C\c1cccc(CN2CCOCC2)c1.CN(c1c(C#N)c(=O)n(C)c2ccc(C#N)nc12)C1CCCCC1. The van der Waals surface area contributed by atoms with E-state index < -0.39 is 0 Å². The lowest BCUT2D eigenvalue weighted by Gasteiger charge is -2.33. The quantitative estimate of drug-likeness (QED) is 0.284. The topological polar surface area (TPSA) is 120 Å². The Labute approximate surface area is 260 Å². The van der Waals surface area contributed by atoms with Crippen molar-refractivity contribution in [2.24, 2.45) is 12.2 Å². The van der Waals surface area contributed by atoms with Crippen LogP contribution in [0.25, 0.3) is 11.0 Å². The van der Waals surface area contributed by atoms with Gasteiger partial charge < -0.3 is 19.0 Å². The molecule has 44 heavy (non-hydrogen) atoms. The van der Waals surface area contributed by atoms with Crippen molar-refractivity contribution in [1.29, 1.82) is 10.5 Å². The predicted octanol–water partition coefficient (Wildman–Crippen LogP) is 5.11. The molecule has 3 aromatic rings. The third-order valence-corrected chi connectivity index (χ3v) is 7.91. The second kappa shape index (κ2) is 15.0. The van der Waals surface area contributed by atoms with Crippen molar-refractivity contribution in [2.75, 3.05) is 38.3 Å². The number of pyridine rings is 2. The number of hydrogen-bond donors (Lipinski definition) is 0. The van der Waals surface area contributed by atoms with Crippen molar-refractivity contribution < 1.29 is 9.57 Å². The van der Waals surface area contributed by atoms with Gasteiger partial charge in [-0.05, 0) is 62.9 Å². The summed E-state index contributed by atoms with van der Waals surface area (Å²) >= 11 is 0. The lowest BCUT2D eigenvalue weighted by molar-refractivity contribution is 0.00199. The van der Waals surface area contributed by atoms with Crippen molar-refractivity contribution in [2.45, 2.75) is 71.1 Å². The van der Waals surface area contributed by atoms with Crippen molar-refractivity contribution >= 4 is 22.9 Å². The molecule has 1 aliphatic heterocycles. The lowest BCUT2D eigenvalue weighted by atomic mass is 9.93. The zero-order chi connectivity index (χ0) is 31.7. The number of aromatic nitrogens is 2. The molecule has 10 heteroatoms. The maximum absolute atomic E-state index is 12.6. The Hall–Kier alpha value is -4.25. The van der Waals surface area contributed by atoms with Gasteiger partial charge in [0, 0.05) is 39.8 Å². The number of anilines is 1. The second-order valence-corrected chi connectivity index (χ2v) is 12.4. The summed E-state index contributed by atoms with van der Waals surface area (Å²) in [6.07, 6.45) is 7.37. The highest BCUT2D eigenvalue weighted by Crippen LogP contribution is 2.32. The van der Waals surface area contributed by atoms with Gasteiger partial charge in [-0.2, -0.15) is 10.5 Å². The van der Waals surface area contributed by atoms with Crippen LogP contribution in [0.2, 0.25) is 0 Å². The minimum absolute atomic E-state index is 0.0978. The van der Waals surface area contributed by atoms with Gasteiger partial charge in [0.15, 0.2) is 0 Å². The molecule has 0 bridgehead atoms. The van der Waals surface area contributed by atoms with Crippen molar-refractivity contribution in [3.8, 4) is 12.1 Å². The molecule has 232 valence electrons. The van der Waals surface area contributed by atoms with Gasteiger partial charge in [-0.1, -0.05) is 42.6 Å². The summed E-state index contributed by atoms with van der Waals surface area (Å²) in [4.78, 5) is 26.8. The predicted molar refractivity (Wildman–Crippen MR) is 173 cm³/mol. The molecule has 10 nitrogen and oxygen atoms in total. The van der Waals surface area contributed by atoms with Crippen LogP contribution in [0.3, 0.4) is 0 Å². The van der Waals surface area contributed by atoms with Crippen molar-refractivity contribution in [1.82, 2.24) is 14.5 Å². The van der Waals surface area contributed by atoms with E-state index in [1.165, 1.54) is 16.6 Å². The summed E-state index contributed by atoms with van der Waals surface area (Å²) in [6.45, 7) is 10.6. The number of nitrogens with zero attached hydrogens (tertiary/aromatic N) is 7. The van der Waals surface area contributed by atoms with Crippen LogP contribution in [-0.2, 0) is 23.2 Å². The van der Waals surface area contributed by atoms with E-state index in [2.05, 4.69) is 39.3 Å². The molecule has 0 amide bonds. The van der Waals surface area contributed by atoms with Crippen LogP contribution in [0, 0.1) is 22.7 Å². The minimum atomic E-state index is -0.325. The molecule has 0 spiro atoms. The molecule has 0 unspecified atom stereocenters. The van der Waals surface area contributed by atoms with Crippen LogP contribution < -0.4 is 10.5 Å². The fraction of sp³-hybridized carbons (Fsp3) is 0.500. The third kappa shape index (κ3) is 8.43. The lowest BCUT2D eigenvalue weighted by Crippen LogP contribution is -2.36. The van der Waals surface area contributed by atoms with Gasteiger partial charge >= 0.3 is 0 Å². The number of oxime groups is 1. The Morgan fingerprint density at radius 2 is 1.84 bits per heavy atom. The number of hydrogen-bond acceptors (Lipinski definition) is 9. The minimum Gasteiger partial charge on any atom is -0.390 e. The van der Waals surface area contributed by atoms with Gasteiger partial charge in [-0.3, -0.25) is 9.69 Å². The van der Waals surface area contributed by atoms with Crippen LogP contribution >= 0.6 is 0 Å². The zero-order valence-electron chi connectivity index (χ0n) is 26.5. The molecule has 1 saturated heterocycles. The summed E-state index contributed by atoms with van der Waals surface area (Å²) in [5.41, 5.74) is 3.91. The number of nitriles is 2. The van der Waals surface area contributed by atoms with E-state index in [4.69, 9.17) is 14.8 Å². The fourth-order valence-corrected chi connectivity index (χ4v) is 5.59. The van der Waals surface area contributed by atoms with E-state index in [1.807, 2.05) is 44.9 Å². The average Bonchev–Trinajstić information content (AvgIpc) is 3.03. The van der Waals surface area contributed by atoms with Gasteiger partial charge in [0.2, 0.25) is 0 Å². The van der Waals surface area contributed by atoms with E-state index in [1.54, 1.807) is 25.4 Å². The van der Waals surface area contributed by atoms with Gasteiger partial charge in [0.05, 0.1) is 30.6 Å². The third-order valence-electron chi connectivity index (χ3n) is 7.91. The molecule has 1 aliphatic carbocycles. The standard InChI is InChI=1S/C18H19N5O.C16H24N2O2/c1-22(13-6-4-3-5-7-13)17-14(11-20)18(24)23(2)15-9-8-12(10-19)21-16(15)17;1-16(2,3)20-17-12-14-5-4-6-15(11-14)13-18-7-9-19-10-8-18/h8-9,13H,3-7H2,1-2H3;4-6,11-12H,7-10,13H2,1-3H3/b;17-12-.